The van der Waals surface area contributed by atoms with Crippen LogP contribution in [0.4, 0.5) is 0 Å². The second-order valence-corrected chi connectivity index (χ2v) is 4.83. The van der Waals surface area contributed by atoms with Crippen LogP contribution in [-0.4, -0.2) is 5.11 Å². The number of rotatable bonds is 2. The molecule has 0 saturated heterocycles. The van der Waals surface area contributed by atoms with E-state index >= 15 is 0 Å². The Bertz CT molecular complexity index is 397. The fraction of sp³-hybridized carbons (Fsp3) is 0.111. The van der Waals surface area contributed by atoms with E-state index in [2.05, 4.69) is 15.9 Å². The Balaban J connectivity index is 2.38. The van der Waals surface area contributed by atoms with E-state index in [0.29, 0.717) is 5.56 Å². The first-order valence-corrected chi connectivity index (χ1v) is 5.89. The van der Waals surface area contributed by atoms with Crippen LogP contribution >= 0.6 is 38.9 Å². The minimum Gasteiger partial charge on any atom is -0.453 e. The molecule has 0 aliphatic rings. The highest BCUT2D eigenvalue weighted by molar-refractivity contribution is 9.10. The van der Waals surface area contributed by atoms with Crippen molar-refractivity contribution >= 4 is 38.9 Å². The molecule has 2 nitrogen and oxygen atoms in total. The van der Waals surface area contributed by atoms with Gasteiger partial charge in [0, 0.05) is 10.0 Å². The van der Waals surface area contributed by atoms with Gasteiger partial charge >= 0.3 is 0 Å². The van der Waals surface area contributed by atoms with Crippen molar-refractivity contribution in [3.05, 3.63) is 43.9 Å². The molecule has 14 heavy (non-hydrogen) atoms. The summed E-state index contributed by atoms with van der Waals surface area (Å²) in [7, 11) is 0. The van der Waals surface area contributed by atoms with Crippen LogP contribution in [0.1, 0.15) is 16.5 Å². The van der Waals surface area contributed by atoms with Gasteiger partial charge < -0.3 is 9.52 Å². The summed E-state index contributed by atoms with van der Waals surface area (Å²) in [6.07, 6.45) is 0.734. The second kappa shape index (κ2) is 4.06. The largest absolute Gasteiger partial charge is 0.453 e. The van der Waals surface area contributed by atoms with Crippen LogP contribution in [0.3, 0.4) is 0 Å². The lowest BCUT2D eigenvalue weighted by atomic mass is 10.2. The van der Waals surface area contributed by atoms with Crippen molar-refractivity contribution in [2.75, 3.05) is 0 Å². The van der Waals surface area contributed by atoms with E-state index in [-0.39, 0.29) is 5.22 Å². The van der Waals surface area contributed by atoms with Gasteiger partial charge in [0.25, 0.3) is 0 Å². The fourth-order valence-corrected chi connectivity index (χ4v) is 2.95. The molecule has 0 spiro atoms. The zero-order valence-electron chi connectivity index (χ0n) is 6.91. The average Bonchev–Trinajstić information content (AvgIpc) is 2.73. The van der Waals surface area contributed by atoms with E-state index in [1.807, 2.05) is 11.4 Å². The van der Waals surface area contributed by atoms with Gasteiger partial charge in [0.1, 0.15) is 6.10 Å². The summed E-state index contributed by atoms with van der Waals surface area (Å²) in [5.41, 5.74) is 0.592. The lowest BCUT2D eigenvalue weighted by Gasteiger charge is -2.06. The second-order valence-electron chi connectivity index (χ2n) is 2.68. The van der Waals surface area contributed by atoms with Gasteiger partial charge in [-0.15, -0.1) is 11.3 Å². The van der Waals surface area contributed by atoms with Gasteiger partial charge in [-0.1, -0.05) is 0 Å². The van der Waals surface area contributed by atoms with E-state index in [1.54, 1.807) is 6.07 Å². The molecule has 2 heterocycles. The molecule has 2 rings (SSSR count). The Labute approximate surface area is 98.3 Å². The van der Waals surface area contributed by atoms with E-state index in [9.17, 15) is 5.11 Å². The van der Waals surface area contributed by atoms with Crippen LogP contribution in [0.5, 0.6) is 0 Å². The zero-order valence-corrected chi connectivity index (χ0v) is 10.1. The monoisotopic (exact) mass is 292 g/mol. The number of hydrogen-bond acceptors (Lipinski definition) is 3. The molecule has 0 aliphatic carbocycles. The third-order valence-electron chi connectivity index (χ3n) is 1.83. The molecule has 0 aliphatic heterocycles. The zero-order chi connectivity index (χ0) is 10.1. The lowest BCUT2D eigenvalue weighted by molar-refractivity contribution is 0.222. The summed E-state index contributed by atoms with van der Waals surface area (Å²) in [4.78, 5) is 0.827. The van der Waals surface area contributed by atoms with Crippen molar-refractivity contribution in [3.8, 4) is 0 Å². The number of furan rings is 1. The molecule has 0 bridgehead atoms. The van der Waals surface area contributed by atoms with Crippen molar-refractivity contribution in [1.82, 2.24) is 0 Å². The molecule has 0 radical (unpaired) electrons. The van der Waals surface area contributed by atoms with Gasteiger partial charge in [0.15, 0.2) is 5.22 Å². The predicted octanol–water partition coefficient (Wildman–Crippen LogP) is 3.84. The predicted molar refractivity (Wildman–Crippen MR) is 59.8 cm³/mol. The van der Waals surface area contributed by atoms with E-state index in [0.717, 1.165) is 9.35 Å². The maximum absolute atomic E-state index is 9.97. The summed E-state index contributed by atoms with van der Waals surface area (Å²) in [6.45, 7) is 0. The van der Waals surface area contributed by atoms with Crippen molar-refractivity contribution in [3.63, 3.8) is 0 Å². The van der Waals surface area contributed by atoms with Crippen molar-refractivity contribution in [2.45, 2.75) is 6.10 Å². The Kier molecular flexibility index (Phi) is 2.97. The Morgan fingerprint density at radius 3 is 2.79 bits per heavy atom. The highest BCUT2D eigenvalue weighted by Gasteiger charge is 2.19. The Hall–Kier alpha value is -0.290. The molecular formula is C9H6BrClO2S. The van der Waals surface area contributed by atoms with Crippen LogP contribution in [0.2, 0.25) is 5.22 Å². The first-order chi connectivity index (χ1) is 6.70. The van der Waals surface area contributed by atoms with E-state index in [1.165, 1.54) is 17.6 Å². The maximum Gasteiger partial charge on any atom is 0.199 e. The third-order valence-corrected chi connectivity index (χ3v) is 4.06. The summed E-state index contributed by atoms with van der Waals surface area (Å²) >= 11 is 10.6. The molecule has 1 unspecified atom stereocenters. The van der Waals surface area contributed by atoms with Gasteiger partial charge in [-0.05, 0) is 45.0 Å². The Morgan fingerprint density at radius 2 is 2.29 bits per heavy atom. The molecule has 0 aromatic carbocycles. The molecule has 5 heteroatoms. The maximum atomic E-state index is 9.97. The smallest absolute Gasteiger partial charge is 0.199 e. The van der Waals surface area contributed by atoms with Gasteiger partial charge in [0.05, 0.1) is 11.1 Å². The fourth-order valence-electron chi connectivity index (χ4n) is 1.14. The van der Waals surface area contributed by atoms with Gasteiger partial charge in [-0.2, -0.15) is 0 Å². The molecule has 0 amide bonds. The number of hydrogen-bond donors (Lipinski definition) is 1. The first-order valence-electron chi connectivity index (χ1n) is 3.84. The Morgan fingerprint density at radius 1 is 1.50 bits per heavy atom. The van der Waals surface area contributed by atoms with Crippen LogP contribution in [0.15, 0.2) is 32.7 Å². The minimum absolute atomic E-state index is 0.234. The van der Waals surface area contributed by atoms with Crippen molar-refractivity contribution in [2.24, 2.45) is 0 Å². The van der Waals surface area contributed by atoms with Crippen molar-refractivity contribution in [1.29, 1.82) is 0 Å². The van der Waals surface area contributed by atoms with Crippen LogP contribution in [0, 0.1) is 0 Å². The first kappa shape index (κ1) is 10.2. The molecule has 2 aromatic rings. The average molecular weight is 294 g/mol. The van der Waals surface area contributed by atoms with E-state index in [4.69, 9.17) is 16.0 Å². The van der Waals surface area contributed by atoms with Crippen LogP contribution in [-0.2, 0) is 0 Å². The van der Waals surface area contributed by atoms with Crippen LogP contribution < -0.4 is 0 Å². The molecule has 2 aromatic heterocycles. The molecule has 74 valence electrons. The summed E-state index contributed by atoms with van der Waals surface area (Å²) in [6, 6.07) is 3.55. The number of aliphatic hydroxyl groups excluding tert-OH is 1. The summed E-state index contributed by atoms with van der Waals surface area (Å²) in [5, 5.41) is 12.1. The highest BCUT2D eigenvalue weighted by Crippen LogP contribution is 2.36. The van der Waals surface area contributed by atoms with Gasteiger partial charge in [-0.25, -0.2) is 0 Å². The lowest BCUT2D eigenvalue weighted by Crippen LogP contribution is -1.96. The SMILES string of the molecule is OC(c1ccoc1Cl)c1sccc1Br. The van der Waals surface area contributed by atoms with Crippen LogP contribution in [0.25, 0.3) is 0 Å². The molecule has 0 saturated carbocycles. The van der Waals surface area contributed by atoms with Gasteiger partial charge in [0.2, 0.25) is 0 Å². The number of aliphatic hydroxyl groups is 1. The number of halogens is 2. The summed E-state index contributed by atoms with van der Waals surface area (Å²) < 4.78 is 5.80. The van der Waals surface area contributed by atoms with Crippen molar-refractivity contribution < 1.29 is 9.52 Å². The van der Waals surface area contributed by atoms with Gasteiger partial charge in [-0.3, -0.25) is 0 Å². The molecular weight excluding hydrogens is 288 g/mol. The van der Waals surface area contributed by atoms with E-state index < -0.39 is 6.10 Å². The highest BCUT2D eigenvalue weighted by atomic mass is 79.9. The quantitative estimate of drug-likeness (QED) is 0.912. The third kappa shape index (κ3) is 1.75. The summed E-state index contributed by atoms with van der Waals surface area (Å²) in [5.74, 6) is 0. The standard InChI is InChI=1S/C9H6BrClO2S/c10-6-2-4-14-8(6)7(12)5-1-3-13-9(5)11/h1-4,7,12H. The normalized spacial score (nSPS) is 13.1. The number of thiophene rings is 1. The minimum atomic E-state index is -0.726. The molecule has 1 atom stereocenters. The molecule has 0 fully saturated rings. The topological polar surface area (TPSA) is 33.4 Å². The molecule has 1 N–H and O–H groups in total.